The number of rotatable bonds is 5. The summed E-state index contributed by atoms with van der Waals surface area (Å²) in [4.78, 5) is 27.1. The van der Waals surface area contributed by atoms with Gasteiger partial charge in [0.25, 0.3) is 0 Å². The second-order valence-corrected chi connectivity index (χ2v) is 7.55. The van der Waals surface area contributed by atoms with Crippen LogP contribution in [0.2, 0.25) is 0 Å². The van der Waals surface area contributed by atoms with Gasteiger partial charge in [0, 0.05) is 17.8 Å². The molecule has 30 heavy (non-hydrogen) atoms. The fourth-order valence-electron chi connectivity index (χ4n) is 3.53. The highest BCUT2D eigenvalue weighted by atomic mass is 19.4. The van der Waals surface area contributed by atoms with E-state index in [0.29, 0.717) is 17.7 Å². The molecule has 1 aromatic rings. The number of Topliss-reactive ketones (excluding diaryl/α,β-unsaturated/α-hetero) is 1. The van der Waals surface area contributed by atoms with Gasteiger partial charge in [-0.05, 0) is 43.0 Å². The van der Waals surface area contributed by atoms with Crippen molar-refractivity contribution in [2.24, 2.45) is 0 Å². The number of allylic oxidation sites excluding steroid dienone is 3. The van der Waals surface area contributed by atoms with Gasteiger partial charge in [-0.2, -0.15) is 13.2 Å². The minimum atomic E-state index is -4.48. The van der Waals surface area contributed by atoms with Gasteiger partial charge in [0.05, 0.1) is 30.8 Å². The van der Waals surface area contributed by atoms with Crippen LogP contribution in [0.15, 0.2) is 59.0 Å². The van der Waals surface area contributed by atoms with Crippen LogP contribution in [-0.2, 0) is 22.2 Å². The summed E-state index contributed by atoms with van der Waals surface area (Å²) in [6.45, 7) is 3.58. The van der Waals surface area contributed by atoms with Gasteiger partial charge in [-0.15, -0.1) is 0 Å². The van der Waals surface area contributed by atoms with Crippen LogP contribution in [0.4, 0.5) is 13.2 Å². The van der Waals surface area contributed by atoms with Gasteiger partial charge >= 0.3 is 6.18 Å². The number of fused-ring (bicyclic) bond motifs is 1. The third-order valence-corrected chi connectivity index (χ3v) is 5.23. The molecule has 0 aromatic heterocycles. The van der Waals surface area contributed by atoms with Crippen molar-refractivity contribution in [3.8, 4) is 0 Å². The third-order valence-electron chi connectivity index (χ3n) is 5.23. The Bertz CT molecular complexity index is 961. The molecule has 1 aliphatic heterocycles. The minimum Gasteiger partial charge on any atom is -0.394 e. The topological polar surface area (TPSA) is 69.6 Å². The standard InChI is InChI=1S/C22H23F3N2O3/c1-13-6-7-16-10-27(14(2)12-28)11-18(29)20(16)21(13)26-19(30)9-15-4-3-5-17(8-15)22(23,24)25/h3-6,8,10,14,28H,7,9,11-12H2,1-2H3,(H,26,30)/t14-/m1/s1. The first kappa shape index (κ1) is 21.8. The van der Waals surface area contributed by atoms with Gasteiger partial charge in [0.2, 0.25) is 5.91 Å². The zero-order valence-corrected chi connectivity index (χ0v) is 16.7. The van der Waals surface area contributed by atoms with E-state index in [4.69, 9.17) is 0 Å². The normalized spacial score (nSPS) is 17.9. The summed E-state index contributed by atoms with van der Waals surface area (Å²) in [5.41, 5.74) is 1.72. The van der Waals surface area contributed by atoms with E-state index in [1.54, 1.807) is 18.7 Å². The number of hydrogen-bond donors (Lipinski definition) is 2. The van der Waals surface area contributed by atoms with Crippen LogP contribution in [0.5, 0.6) is 0 Å². The van der Waals surface area contributed by atoms with Gasteiger partial charge in [-0.25, -0.2) is 0 Å². The molecule has 3 rings (SSSR count). The van der Waals surface area contributed by atoms with E-state index in [0.717, 1.165) is 23.3 Å². The maximum atomic E-state index is 12.9. The van der Waals surface area contributed by atoms with Crippen molar-refractivity contribution in [2.75, 3.05) is 13.2 Å². The zero-order chi connectivity index (χ0) is 22.1. The van der Waals surface area contributed by atoms with Gasteiger partial charge in [-0.3, -0.25) is 9.59 Å². The van der Waals surface area contributed by atoms with Gasteiger partial charge in [0.15, 0.2) is 5.78 Å². The number of nitrogens with one attached hydrogen (secondary N) is 1. The molecule has 1 aromatic carbocycles. The number of aliphatic hydroxyl groups excluding tert-OH is 1. The minimum absolute atomic E-state index is 0.0842. The van der Waals surface area contributed by atoms with Crippen molar-refractivity contribution in [3.05, 3.63) is 70.1 Å². The predicted octanol–water partition coefficient (Wildman–Crippen LogP) is 3.12. The monoisotopic (exact) mass is 420 g/mol. The van der Waals surface area contributed by atoms with Gasteiger partial charge in [0.1, 0.15) is 0 Å². The molecular weight excluding hydrogens is 397 g/mol. The maximum Gasteiger partial charge on any atom is 0.416 e. The van der Waals surface area contributed by atoms with Crippen molar-refractivity contribution < 1.29 is 27.9 Å². The lowest BCUT2D eigenvalue weighted by Gasteiger charge is -2.34. The molecule has 0 bridgehead atoms. The first-order valence-corrected chi connectivity index (χ1v) is 9.58. The SMILES string of the molecule is CC1=CCC2=CN([C@H](C)CO)CC(=O)C2=C1NC(=O)Cc1cccc(C(F)(F)F)c1. The third kappa shape index (κ3) is 4.64. The van der Waals surface area contributed by atoms with Gasteiger partial charge < -0.3 is 15.3 Å². The molecule has 0 fully saturated rings. The quantitative estimate of drug-likeness (QED) is 0.768. The Kier molecular flexibility index (Phi) is 6.17. The highest BCUT2D eigenvalue weighted by molar-refractivity contribution is 6.04. The van der Waals surface area contributed by atoms with Crippen LogP contribution in [0.3, 0.4) is 0 Å². The molecule has 1 atom stereocenters. The molecule has 1 heterocycles. The highest BCUT2D eigenvalue weighted by Gasteiger charge is 2.32. The zero-order valence-electron chi connectivity index (χ0n) is 16.7. The number of alkyl halides is 3. The smallest absolute Gasteiger partial charge is 0.394 e. The summed E-state index contributed by atoms with van der Waals surface area (Å²) in [5, 5.41) is 12.1. The van der Waals surface area contributed by atoms with Crippen molar-refractivity contribution in [3.63, 3.8) is 0 Å². The fraction of sp³-hybridized carbons (Fsp3) is 0.364. The summed E-state index contributed by atoms with van der Waals surface area (Å²) in [6.07, 6.45) is -0.496. The van der Waals surface area contributed by atoms with E-state index in [-0.39, 0.29) is 37.0 Å². The Morgan fingerprint density at radius 2 is 2.07 bits per heavy atom. The van der Waals surface area contributed by atoms with Crippen molar-refractivity contribution in [1.82, 2.24) is 10.2 Å². The summed E-state index contributed by atoms with van der Waals surface area (Å²) >= 11 is 0. The number of hydrogen-bond acceptors (Lipinski definition) is 4. The molecular formula is C22H23F3N2O3. The van der Waals surface area contributed by atoms with Crippen molar-refractivity contribution in [1.29, 1.82) is 0 Å². The molecule has 0 saturated carbocycles. The number of ketones is 1. The first-order valence-electron chi connectivity index (χ1n) is 9.58. The average molecular weight is 420 g/mol. The predicted molar refractivity (Wildman–Crippen MR) is 105 cm³/mol. The first-order chi connectivity index (χ1) is 14.1. The number of aliphatic hydroxyl groups is 1. The second-order valence-electron chi connectivity index (χ2n) is 7.55. The lowest BCUT2D eigenvalue weighted by Crippen LogP contribution is -2.41. The Hall–Kier alpha value is -2.87. The molecule has 0 saturated heterocycles. The summed E-state index contributed by atoms with van der Waals surface area (Å²) in [6, 6.07) is 4.42. The largest absolute Gasteiger partial charge is 0.416 e. The van der Waals surface area contributed by atoms with Crippen LogP contribution >= 0.6 is 0 Å². The van der Waals surface area contributed by atoms with E-state index in [1.807, 2.05) is 12.3 Å². The van der Waals surface area contributed by atoms with Crippen LogP contribution in [0.25, 0.3) is 0 Å². The Balaban J connectivity index is 1.83. The molecule has 8 heteroatoms. The number of benzene rings is 1. The Labute approximate surface area is 172 Å². The van der Waals surface area contributed by atoms with Crippen molar-refractivity contribution >= 4 is 11.7 Å². The Morgan fingerprint density at radius 1 is 1.33 bits per heavy atom. The highest BCUT2D eigenvalue weighted by Crippen LogP contribution is 2.33. The van der Waals surface area contributed by atoms with Crippen molar-refractivity contribution in [2.45, 2.75) is 38.9 Å². The molecule has 0 radical (unpaired) electrons. The van der Waals surface area contributed by atoms with Gasteiger partial charge in [-0.1, -0.05) is 24.3 Å². The molecule has 160 valence electrons. The molecule has 0 unspecified atom stereocenters. The molecule has 1 aliphatic carbocycles. The lowest BCUT2D eigenvalue weighted by molar-refractivity contribution is -0.137. The number of carbonyl (C=O) groups excluding carboxylic acids is 2. The number of carbonyl (C=O) groups is 2. The maximum absolute atomic E-state index is 12.9. The number of nitrogens with zero attached hydrogens (tertiary/aromatic N) is 1. The fourth-order valence-corrected chi connectivity index (χ4v) is 3.53. The molecule has 2 N–H and O–H groups in total. The van der Waals surface area contributed by atoms with E-state index < -0.39 is 17.6 Å². The number of amides is 1. The summed E-state index contributed by atoms with van der Waals surface area (Å²) in [5.74, 6) is -0.667. The van der Waals surface area contributed by atoms with Crippen LogP contribution in [-0.4, -0.2) is 40.9 Å². The molecule has 5 nitrogen and oxygen atoms in total. The Morgan fingerprint density at radius 3 is 2.73 bits per heavy atom. The van der Waals surface area contributed by atoms with Crippen LogP contribution < -0.4 is 5.32 Å². The lowest BCUT2D eigenvalue weighted by atomic mass is 9.86. The molecule has 1 amide bonds. The van der Waals surface area contributed by atoms with E-state index in [9.17, 15) is 27.9 Å². The average Bonchev–Trinajstić information content (AvgIpc) is 2.68. The van der Waals surface area contributed by atoms with E-state index in [1.165, 1.54) is 12.1 Å². The second kappa shape index (κ2) is 8.47. The molecule has 2 aliphatic rings. The van der Waals surface area contributed by atoms with Crippen LogP contribution in [0, 0.1) is 0 Å². The number of halogens is 3. The summed E-state index contributed by atoms with van der Waals surface area (Å²) in [7, 11) is 0. The summed E-state index contributed by atoms with van der Waals surface area (Å²) < 4.78 is 38.7. The van der Waals surface area contributed by atoms with E-state index >= 15 is 0 Å². The van der Waals surface area contributed by atoms with Crippen LogP contribution in [0.1, 0.15) is 31.4 Å². The molecule has 0 spiro atoms. The van der Waals surface area contributed by atoms with E-state index in [2.05, 4.69) is 5.32 Å².